The molecule has 0 bridgehead atoms. The second kappa shape index (κ2) is 78.3. The van der Waals surface area contributed by atoms with E-state index in [4.69, 9.17) is 37.0 Å². The van der Waals surface area contributed by atoms with Crippen molar-refractivity contribution in [3.63, 3.8) is 0 Å². The number of carbonyl (C=O) groups is 4. The van der Waals surface area contributed by atoms with Crippen LogP contribution in [0, 0.1) is 11.8 Å². The predicted molar refractivity (Wildman–Crippen MR) is 437 cm³/mol. The molecule has 0 fully saturated rings. The number of hydrogen-bond acceptors (Lipinski definition) is 15. The molecule has 19 heteroatoms. The van der Waals surface area contributed by atoms with Gasteiger partial charge >= 0.3 is 39.5 Å². The van der Waals surface area contributed by atoms with Crippen molar-refractivity contribution >= 4 is 39.5 Å². The molecule has 0 aliphatic rings. The first-order chi connectivity index (χ1) is 51.4. The predicted octanol–water partition coefficient (Wildman–Crippen LogP) is 26.6. The molecule has 5 atom stereocenters. The number of rotatable bonds is 86. The Balaban J connectivity index is 5.18. The normalized spacial score (nSPS) is 13.8. The van der Waals surface area contributed by atoms with E-state index in [1.165, 1.54) is 283 Å². The highest BCUT2D eigenvalue weighted by atomic mass is 31.2. The molecule has 0 spiro atoms. The first-order valence-corrected chi connectivity index (χ1v) is 48.0. The highest BCUT2D eigenvalue weighted by Gasteiger charge is 2.30. The second-order valence-corrected chi connectivity index (χ2v) is 35.1. The van der Waals surface area contributed by atoms with Gasteiger partial charge in [-0.25, -0.2) is 9.13 Å². The smallest absolute Gasteiger partial charge is 0.462 e. The molecule has 0 amide bonds. The topological polar surface area (TPSA) is 237 Å². The van der Waals surface area contributed by atoms with Crippen molar-refractivity contribution in [2.75, 3.05) is 39.6 Å². The second-order valence-electron chi connectivity index (χ2n) is 32.2. The number of hydrogen-bond donors (Lipinski definition) is 3. The van der Waals surface area contributed by atoms with Gasteiger partial charge in [0.1, 0.15) is 19.3 Å². The summed E-state index contributed by atoms with van der Waals surface area (Å²) >= 11 is 0. The fourth-order valence-corrected chi connectivity index (χ4v) is 15.2. The van der Waals surface area contributed by atoms with Gasteiger partial charge < -0.3 is 33.8 Å². The molecule has 17 nitrogen and oxygen atoms in total. The van der Waals surface area contributed by atoms with Crippen LogP contribution >= 0.6 is 15.6 Å². The lowest BCUT2D eigenvalue weighted by Crippen LogP contribution is -2.30. The maximum Gasteiger partial charge on any atom is 0.472 e. The largest absolute Gasteiger partial charge is 0.472 e. The molecular formula is C87H170O17P2. The van der Waals surface area contributed by atoms with Gasteiger partial charge in [0.15, 0.2) is 12.2 Å². The van der Waals surface area contributed by atoms with Gasteiger partial charge in [0.25, 0.3) is 0 Å². The lowest BCUT2D eigenvalue weighted by atomic mass is 10.0. The fourth-order valence-electron chi connectivity index (χ4n) is 13.6. The standard InChI is InChI=1S/C87H170O17P2/c1-7-9-11-13-15-17-19-21-23-25-27-29-31-33-35-37-39-41-43-51-57-63-69-84(89)97-75-82(103-86(91)71-65-59-53-44-42-40-38-36-34-32-30-28-26-24-22-20-18-16-14-12-10-8-2)77-101-105(93,94)99-73-81(88)74-100-106(95,96)102-78-83(104-87(92)72-66-60-54-48-46-50-56-62-68-80(5)6)76-98-85(90)70-64-58-52-47-45-49-55-61-67-79(3)4/h79-83,88H,7-78H2,1-6H3,(H,93,94)(H,95,96)/t81-,82-,83-/m1/s1. The van der Waals surface area contributed by atoms with Gasteiger partial charge in [-0.1, -0.05) is 414 Å². The van der Waals surface area contributed by atoms with Gasteiger partial charge in [-0.05, 0) is 37.5 Å². The Morgan fingerprint density at radius 3 is 0.642 bits per heavy atom. The van der Waals surface area contributed by atoms with Crippen LogP contribution in [-0.2, 0) is 65.4 Å². The Bertz CT molecular complexity index is 2030. The molecule has 3 N–H and O–H groups in total. The van der Waals surface area contributed by atoms with Crippen molar-refractivity contribution < 1.29 is 80.2 Å². The number of ether oxygens (including phenoxy) is 4. The van der Waals surface area contributed by atoms with E-state index in [0.717, 1.165) is 102 Å². The van der Waals surface area contributed by atoms with Gasteiger partial charge in [0, 0.05) is 25.7 Å². The molecule has 2 unspecified atom stereocenters. The van der Waals surface area contributed by atoms with Crippen LogP contribution in [0.15, 0.2) is 0 Å². The molecule has 0 aromatic heterocycles. The summed E-state index contributed by atoms with van der Waals surface area (Å²) in [5.74, 6) is -0.663. The molecule has 0 radical (unpaired) electrons. The number of phosphoric acid groups is 2. The summed E-state index contributed by atoms with van der Waals surface area (Å²) in [6, 6.07) is 0. The van der Waals surface area contributed by atoms with Gasteiger partial charge in [-0.15, -0.1) is 0 Å². The van der Waals surface area contributed by atoms with Gasteiger partial charge in [-0.2, -0.15) is 0 Å². The molecule has 0 saturated heterocycles. The molecule has 0 aromatic rings. The minimum absolute atomic E-state index is 0.104. The van der Waals surface area contributed by atoms with Crippen molar-refractivity contribution in [1.29, 1.82) is 0 Å². The summed E-state index contributed by atoms with van der Waals surface area (Å²) in [5.41, 5.74) is 0. The van der Waals surface area contributed by atoms with Crippen LogP contribution in [0.4, 0.5) is 0 Å². The molecule has 0 aliphatic carbocycles. The van der Waals surface area contributed by atoms with E-state index in [-0.39, 0.29) is 25.7 Å². The quantitative estimate of drug-likeness (QED) is 0.0222. The number of unbranched alkanes of at least 4 members (excludes halogenated alkanes) is 56. The van der Waals surface area contributed by atoms with Crippen LogP contribution in [-0.4, -0.2) is 96.7 Å². The maximum absolute atomic E-state index is 13.2. The van der Waals surface area contributed by atoms with E-state index in [1.54, 1.807) is 0 Å². The minimum Gasteiger partial charge on any atom is -0.462 e. The molecule has 0 heterocycles. The molecule has 0 rings (SSSR count). The summed E-state index contributed by atoms with van der Waals surface area (Å²) in [6.45, 7) is 9.58. The number of aliphatic hydroxyl groups excluding tert-OH is 1. The average Bonchev–Trinajstić information content (AvgIpc) is 0.908. The zero-order valence-electron chi connectivity index (χ0n) is 69.7. The van der Waals surface area contributed by atoms with Gasteiger partial charge in [0.05, 0.1) is 26.4 Å². The number of phosphoric ester groups is 2. The van der Waals surface area contributed by atoms with Crippen molar-refractivity contribution in [2.45, 2.75) is 484 Å². The number of esters is 4. The first-order valence-electron chi connectivity index (χ1n) is 45.0. The Morgan fingerprint density at radius 2 is 0.434 bits per heavy atom. The van der Waals surface area contributed by atoms with Crippen molar-refractivity contribution in [3.05, 3.63) is 0 Å². The van der Waals surface area contributed by atoms with E-state index >= 15 is 0 Å². The number of carbonyl (C=O) groups excluding carboxylic acids is 4. The van der Waals surface area contributed by atoms with Crippen LogP contribution in [0.1, 0.15) is 465 Å². The van der Waals surface area contributed by atoms with E-state index < -0.39 is 97.5 Å². The van der Waals surface area contributed by atoms with Crippen molar-refractivity contribution in [3.8, 4) is 0 Å². The minimum atomic E-state index is -4.97. The van der Waals surface area contributed by atoms with E-state index in [9.17, 15) is 43.2 Å². The summed E-state index contributed by atoms with van der Waals surface area (Å²) in [6.07, 6.45) is 71.3. The molecular weight excluding hydrogens is 1380 g/mol. The zero-order valence-corrected chi connectivity index (χ0v) is 71.5. The monoisotopic (exact) mass is 1550 g/mol. The molecule has 0 aliphatic heterocycles. The van der Waals surface area contributed by atoms with E-state index in [1.807, 2.05) is 0 Å². The van der Waals surface area contributed by atoms with Gasteiger partial charge in [-0.3, -0.25) is 37.3 Å². The van der Waals surface area contributed by atoms with Crippen LogP contribution < -0.4 is 0 Å². The Labute approximate surface area is 651 Å². The maximum atomic E-state index is 13.2. The summed E-state index contributed by atoms with van der Waals surface area (Å²) in [5, 5.41) is 10.7. The third-order valence-corrected chi connectivity index (χ3v) is 22.4. The highest BCUT2D eigenvalue weighted by molar-refractivity contribution is 7.47. The average molecular weight is 1550 g/mol. The lowest BCUT2D eigenvalue weighted by Gasteiger charge is -2.21. The van der Waals surface area contributed by atoms with Crippen LogP contribution in [0.2, 0.25) is 0 Å². The van der Waals surface area contributed by atoms with Crippen molar-refractivity contribution in [1.82, 2.24) is 0 Å². The summed E-state index contributed by atoms with van der Waals surface area (Å²) < 4.78 is 68.8. The van der Waals surface area contributed by atoms with Crippen molar-refractivity contribution in [2.24, 2.45) is 11.8 Å². The fraction of sp³-hybridized carbons (Fsp3) is 0.954. The molecule has 0 aromatic carbocycles. The lowest BCUT2D eigenvalue weighted by molar-refractivity contribution is -0.161. The van der Waals surface area contributed by atoms with E-state index in [0.29, 0.717) is 25.7 Å². The first kappa shape index (κ1) is 104. The third kappa shape index (κ3) is 80.1. The SMILES string of the molecule is CCCCCCCCCCCCCCCCCCCCCCCCC(=O)OC[C@H](COP(=O)(O)OC[C@@H](O)COP(=O)(O)OC[C@@H](COC(=O)CCCCCCCCCCC(C)C)OC(=O)CCCCCCCCCCC(C)C)OC(=O)CCCCCCCCCCCCCCCCCCCCCCCC. The van der Waals surface area contributed by atoms with Crippen LogP contribution in [0.25, 0.3) is 0 Å². The number of aliphatic hydroxyl groups is 1. The highest BCUT2D eigenvalue weighted by Crippen LogP contribution is 2.45. The molecule has 630 valence electrons. The molecule has 0 saturated carbocycles. The zero-order chi connectivity index (χ0) is 77.8. The summed E-state index contributed by atoms with van der Waals surface area (Å²) in [7, 11) is -9.93. The van der Waals surface area contributed by atoms with E-state index in [2.05, 4.69) is 41.5 Å². The summed E-state index contributed by atoms with van der Waals surface area (Å²) in [4.78, 5) is 73.2. The van der Waals surface area contributed by atoms with Gasteiger partial charge in [0.2, 0.25) is 0 Å². The Morgan fingerprint density at radius 1 is 0.255 bits per heavy atom. The van der Waals surface area contributed by atoms with Crippen LogP contribution in [0.3, 0.4) is 0 Å². The Kier molecular flexibility index (Phi) is 76.9. The Hall–Kier alpha value is -1.94. The van der Waals surface area contributed by atoms with Crippen LogP contribution in [0.5, 0.6) is 0 Å². The molecule has 106 heavy (non-hydrogen) atoms. The third-order valence-electron chi connectivity index (χ3n) is 20.5.